The Balaban J connectivity index is 2.48. The molecule has 0 aliphatic carbocycles. The Morgan fingerprint density at radius 2 is 1.94 bits per heavy atom. The van der Waals surface area contributed by atoms with Crippen LogP contribution < -0.4 is 5.32 Å². The van der Waals surface area contributed by atoms with Gasteiger partial charge in [-0.2, -0.15) is 0 Å². The maximum Gasteiger partial charge on any atom is 0.153 e. The van der Waals surface area contributed by atoms with E-state index in [1.807, 2.05) is 12.1 Å². The van der Waals surface area contributed by atoms with E-state index >= 15 is 0 Å². The predicted octanol–water partition coefficient (Wildman–Crippen LogP) is 5.05. The van der Waals surface area contributed by atoms with E-state index in [4.69, 9.17) is 27.6 Å². The quantitative estimate of drug-likeness (QED) is 0.851. The third kappa shape index (κ3) is 2.66. The molecular formula is C14H17Cl2NO. The molecule has 1 unspecified atom stereocenters. The minimum Gasteiger partial charge on any atom is -0.458 e. The van der Waals surface area contributed by atoms with Crippen LogP contribution in [0.25, 0.3) is 11.0 Å². The summed E-state index contributed by atoms with van der Waals surface area (Å²) < 4.78 is 5.88. The normalized spacial score (nSPS) is 13.4. The number of benzene rings is 1. The number of fused-ring (bicyclic) bond motifs is 1. The van der Waals surface area contributed by atoms with Crippen molar-refractivity contribution in [3.63, 3.8) is 0 Å². The topological polar surface area (TPSA) is 25.2 Å². The van der Waals surface area contributed by atoms with Crippen LogP contribution in [-0.4, -0.2) is 6.54 Å². The second-order valence-electron chi connectivity index (χ2n) is 4.73. The summed E-state index contributed by atoms with van der Waals surface area (Å²) in [7, 11) is 0. The van der Waals surface area contributed by atoms with Gasteiger partial charge in [0.05, 0.1) is 11.1 Å². The molecule has 2 rings (SSSR count). The van der Waals surface area contributed by atoms with Gasteiger partial charge in [-0.1, -0.05) is 44.0 Å². The van der Waals surface area contributed by atoms with Gasteiger partial charge in [-0.3, -0.25) is 0 Å². The molecule has 0 aliphatic heterocycles. The van der Waals surface area contributed by atoms with Crippen LogP contribution in [0.4, 0.5) is 0 Å². The zero-order valence-corrected chi connectivity index (χ0v) is 12.3. The number of furan rings is 1. The molecule has 0 saturated carbocycles. The molecule has 0 radical (unpaired) electrons. The van der Waals surface area contributed by atoms with Crippen LogP contribution in [-0.2, 0) is 0 Å². The van der Waals surface area contributed by atoms with Crippen molar-refractivity contribution in [1.29, 1.82) is 0 Å². The summed E-state index contributed by atoms with van der Waals surface area (Å²) in [5.41, 5.74) is 0.708. The van der Waals surface area contributed by atoms with Crippen LogP contribution in [0.3, 0.4) is 0 Å². The molecule has 18 heavy (non-hydrogen) atoms. The Bertz CT molecular complexity index is 548. The van der Waals surface area contributed by atoms with Crippen molar-refractivity contribution in [2.24, 2.45) is 5.92 Å². The van der Waals surface area contributed by atoms with Crippen LogP contribution in [0, 0.1) is 5.92 Å². The highest BCUT2D eigenvalue weighted by atomic mass is 35.5. The van der Waals surface area contributed by atoms with Gasteiger partial charge in [0.1, 0.15) is 5.76 Å². The summed E-state index contributed by atoms with van der Waals surface area (Å²) in [5.74, 6) is 1.35. The van der Waals surface area contributed by atoms with Crippen molar-refractivity contribution in [3.05, 3.63) is 34.0 Å². The van der Waals surface area contributed by atoms with E-state index in [0.29, 0.717) is 21.5 Å². The molecule has 2 nitrogen and oxygen atoms in total. The first-order valence-electron chi connectivity index (χ1n) is 6.14. The molecule has 0 spiro atoms. The zero-order chi connectivity index (χ0) is 13.3. The number of nitrogens with one attached hydrogen (secondary N) is 1. The maximum absolute atomic E-state index is 6.14. The van der Waals surface area contributed by atoms with Crippen molar-refractivity contribution in [3.8, 4) is 0 Å². The summed E-state index contributed by atoms with van der Waals surface area (Å²) in [5, 5.41) is 5.56. The molecule has 1 atom stereocenters. The first-order chi connectivity index (χ1) is 8.52. The first kappa shape index (κ1) is 13.7. The van der Waals surface area contributed by atoms with E-state index in [1.165, 1.54) is 0 Å². The van der Waals surface area contributed by atoms with E-state index in [9.17, 15) is 0 Å². The summed E-state index contributed by atoms with van der Waals surface area (Å²) >= 11 is 12.1. The maximum atomic E-state index is 6.14. The highest BCUT2D eigenvalue weighted by Gasteiger charge is 2.20. The van der Waals surface area contributed by atoms with Gasteiger partial charge in [-0.25, -0.2) is 0 Å². The van der Waals surface area contributed by atoms with Gasteiger partial charge in [-0.05, 0) is 30.7 Å². The summed E-state index contributed by atoms with van der Waals surface area (Å²) in [6.45, 7) is 7.31. The summed E-state index contributed by atoms with van der Waals surface area (Å²) in [4.78, 5) is 0. The van der Waals surface area contributed by atoms with Crippen molar-refractivity contribution >= 4 is 34.2 Å². The van der Waals surface area contributed by atoms with Gasteiger partial charge in [-0.15, -0.1) is 0 Å². The first-order valence-corrected chi connectivity index (χ1v) is 6.90. The van der Waals surface area contributed by atoms with Gasteiger partial charge in [0.2, 0.25) is 0 Å². The highest BCUT2D eigenvalue weighted by molar-refractivity contribution is 6.38. The van der Waals surface area contributed by atoms with Crippen LogP contribution in [0.2, 0.25) is 10.0 Å². The largest absolute Gasteiger partial charge is 0.458 e. The molecule has 0 amide bonds. The fourth-order valence-corrected chi connectivity index (χ4v) is 2.68. The number of hydrogen-bond donors (Lipinski definition) is 1. The molecule has 0 fully saturated rings. The lowest BCUT2D eigenvalue weighted by Crippen LogP contribution is -2.24. The average Bonchev–Trinajstić information content (AvgIpc) is 2.68. The Kier molecular flexibility index (Phi) is 4.21. The Hall–Kier alpha value is -0.700. The van der Waals surface area contributed by atoms with Crippen LogP contribution in [0.15, 0.2) is 22.6 Å². The van der Waals surface area contributed by atoms with Crippen molar-refractivity contribution in [1.82, 2.24) is 5.32 Å². The lowest BCUT2D eigenvalue weighted by Gasteiger charge is -2.19. The molecule has 1 aromatic heterocycles. The number of hydrogen-bond acceptors (Lipinski definition) is 2. The average molecular weight is 286 g/mol. The zero-order valence-electron chi connectivity index (χ0n) is 10.8. The molecule has 1 N–H and O–H groups in total. The molecule has 4 heteroatoms. The molecule has 0 bridgehead atoms. The Morgan fingerprint density at radius 1 is 1.22 bits per heavy atom. The van der Waals surface area contributed by atoms with Crippen molar-refractivity contribution in [2.45, 2.75) is 26.8 Å². The van der Waals surface area contributed by atoms with E-state index in [-0.39, 0.29) is 6.04 Å². The van der Waals surface area contributed by atoms with E-state index < -0.39 is 0 Å². The van der Waals surface area contributed by atoms with Gasteiger partial charge in [0, 0.05) is 10.4 Å². The lowest BCUT2D eigenvalue weighted by atomic mass is 10.0. The predicted molar refractivity (Wildman–Crippen MR) is 77.5 cm³/mol. The third-order valence-electron chi connectivity index (χ3n) is 2.95. The molecular weight excluding hydrogens is 269 g/mol. The van der Waals surface area contributed by atoms with E-state index in [1.54, 1.807) is 6.07 Å². The minimum atomic E-state index is 0.192. The highest BCUT2D eigenvalue weighted by Crippen LogP contribution is 2.34. The molecule has 0 aliphatic rings. The second kappa shape index (κ2) is 5.52. The van der Waals surface area contributed by atoms with Gasteiger partial charge < -0.3 is 9.73 Å². The van der Waals surface area contributed by atoms with E-state index in [0.717, 1.165) is 17.7 Å². The second-order valence-corrected chi connectivity index (χ2v) is 5.58. The summed E-state index contributed by atoms with van der Waals surface area (Å²) in [6.07, 6.45) is 0. The fourth-order valence-electron chi connectivity index (χ4n) is 2.13. The third-order valence-corrected chi connectivity index (χ3v) is 3.45. The lowest BCUT2D eigenvalue weighted by molar-refractivity contribution is 0.357. The van der Waals surface area contributed by atoms with Crippen LogP contribution in [0.1, 0.15) is 32.6 Å². The molecule has 98 valence electrons. The fraction of sp³-hybridized carbons (Fsp3) is 0.429. The Labute approximate surface area is 117 Å². The smallest absolute Gasteiger partial charge is 0.153 e. The van der Waals surface area contributed by atoms with Gasteiger partial charge in [0.25, 0.3) is 0 Å². The SMILES string of the molecule is CCNC(c1cc2cc(Cl)cc(Cl)c2o1)C(C)C. The van der Waals surface area contributed by atoms with Gasteiger partial charge in [0.15, 0.2) is 5.58 Å². The number of halogens is 2. The van der Waals surface area contributed by atoms with E-state index in [2.05, 4.69) is 26.1 Å². The monoisotopic (exact) mass is 285 g/mol. The Morgan fingerprint density at radius 3 is 2.56 bits per heavy atom. The van der Waals surface area contributed by atoms with Crippen molar-refractivity contribution in [2.75, 3.05) is 6.54 Å². The standard InChI is InChI=1S/C14H17Cl2NO/c1-4-17-13(8(2)3)12-6-9-5-10(15)7-11(16)14(9)18-12/h5-8,13,17H,4H2,1-3H3. The van der Waals surface area contributed by atoms with Crippen molar-refractivity contribution < 1.29 is 4.42 Å². The molecule has 1 heterocycles. The molecule has 1 aromatic carbocycles. The van der Waals surface area contributed by atoms with Crippen LogP contribution in [0.5, 0.6) is 0 Å². The molecule has 0 saturated heterocycles. The minimum absolute atomic E-state index is 0.192. The molecule has 2 aromatic rings. The van der Waals surface area contributed by atoms with Gasteiger partial charge >= 0.3 is 0 Å². The summed E-state index contributed by atoms with van der Waals surface area (Å²) in [6, 6.07) is 5.79. The number of rotatable bonds is 4. The van der Waals surface area contributed by atoms with Crippen LogP contribution >= 0.6 is 23.2 Å².